The summed E-state index contributed by atoms with van der Waals surface area (Å²) >= 11 is 0. The van der Waals surface area contributed by atoms with Gasteiger partial charge in [0.25, 0.3) is 0 Å². The predicted molar refractivity (Wildman–Crippen MR) is 69.7 cm³/mol. The minimum absolute atomic E-state index is 0.458. The summed E-state index contributed by atoms with van der Waals surface area (Å²) in [6, 6.07) is 6.03. The molecule has 1 fully saturated rings. The fraction of sp³-hybridized carbons (Fsp3) is 0.600. The molecule has 1 aliphatic carbocycles. The molecule has 1 aromatic rings. The number of hydrogen-bond donors (Lipinski definition) is 1. The van der Waals surface area contributed by atoms with E-state index in [1.807, 2.05) is 0 Å². The third-order valence-electron chi connectivity index (χ3n) is 3.97. The Morgan fingerprint density at radius 3 is 2.68 bits per heavy atom. The summed E-state index contributed by atoms with van der Waals surface area (Å²) in [6.45, 7) is 2.71. The Bertz CT molecular complexity index is 414. The molecular weight excluding hydrogens is 251 g/mol. The molecule has 0 spiro atoms. The summed E-state index contributed by atoms with van der Waals surface area (Å²) in [5, 5.41) is 3.37. The van der Waals surface area contributed by atoms with Gasteiger partial charge in [-0.15, -0.1) is 0 Å². The van der Waals surface area contributed by atoms with Gasteiger partial charge < -0.3 is 5.32 Å². The molecule has 2 unspecified atom stereocenters. The van der Waals surface area contributed by atoms with Gasteiger partial charge in [0.1, 0.15) is 0 Å². The molecule has 0 bridgehead atoms. The van der Waals surface area contributed by atoms with Crippen LogP contribution in [-0.4, -0.2) is 6.04 Å². The highest BCUT2D eigenvalue weighted by Crippen LogP contribution is 2.30. The van der Waals surface area contributed by atoms with E-state index in [0.717, 1.165) is 24.8 Å². The maximum absolute atomic E-state index is 12.6. The quantitative estimate of drug-likeness (QED) is 0.857. The molecule has 4 heteroatoms. The molecule has 19 heavy (non-hydrogen) atoms. The van der Waals surface area contributed by atoms with Crippen LogP contribution in [0.25, 0.3) is 0 Å². The highest BCUT2D eigenvalue weighted by atomic mass is 19.4. The Hall–Kier alpha value is -1.03. The van der Waals surface area contributed by atoms with Gasteiger partial charge in [-0.05, 0) is 36.8 Å². The van der Waals surface area contributed by atoms with Crippen molar-refractivity contribution in [1.29, 1.82) is 0 Å². The molecule has 2 rings (SSSR count). The van der Waals surface area contributed by atoms with Crippen molar-refractivity contribution in [1.82, 2.24) is 5.32 Å². The van der Waals surface area contributed by atoms with Gasteiger partial charge in [-0.25, -0.2) is 0 Å². The second-order valence-electron chi connectivity index (χ2n) is 5.36. The van der Waals surface area contributed by atoms with Gasteiger partial charge >= 0.3 is 6.18 Å². The van der Waals surface area contributed by atoms with E-state index in [4.69, 9.17) is 0 Å². The van der Waals surface area contributed by atoms with Gasteiger partial charge in [-0.3, -0.25) is 0 Å². The monoisotopic (exact) mass is 271 g/mol. The molecule has 0 radical (unpaired) electrons. The fourth-order valence-electron chi connectivity index (χ4n) is 2.75. The van der Waals surface area contributed by atoms with Crippen LogP contribution in [0.4, 0.5) is 13.2 Å². The summed E-state index contributed by atoms with van der Waals surface area (Å²) in [6.07, 6.45) is 0.460. The van der Waals surface area contributed by atoms with Crippen LogP contribution in [0.1, 0.15) is 43.7 Å². The molecular formula is C15H20F3N. The first-order valence-electron chi connectivity index (χ1n) is 6.88. The highest BCUT2D eigenvalue weighted by Gasteiger charge is 2.30. The second-order valence-corrected chi connectivity index (χ2v) is 5.36. The van der Waals surface area contributed by atoms with Gasteiger partial charge in [0.05, 0.1) is 5.56 Å². The number of alkyl halides is 3. The number of hydrogen-bond acceptors (Lipinski definition) is 1. The minimum atomic E-state index is -4.25. The van der Waals surface area contributed by atoms with Gasteiger partial charge in [-0.2, -0.15) is 13.2 Å². The molecule has 1 aliphatic rings. The maximum Gasteiger partial charge on any atom is 0.416 e. The lowest BCUT2D eigenvalue weighted by Gasteiger charge is -2.14. The molecule has 0 amide bonds. The lowest BCUT2D eigenvalue weighted by atomic mass is 10.1. The van der Waals surface area contributed by atoms with Crippen molar-refractivity contribution in [3.05, 3.63) is 35.4 Å². The van der Waals surface area contributed by atoms with Gasteiger partial charge in [0.15, 0.2) is 0 Å². The smallest absolute Gasteiger partial charge is 0.310 e. The molecule has 1 aromatic carbocycles. The molecule has 1 N–H and O–H groups in total. The van der Waals surface area contributed by atoms with Crippen LogP contribution in [0.2, 0.25) is 0 Å². The summed E-state index contributed by atoms with van der Waals surface area (Å²) in [5.41, 5.74) is 0.138. The van der Waals surface area contributed by atoms with Crippen molar-refractivity contribution in [2.75, 3.05) is 0 Å². The number of halogens is 3. The number of benzene rings is 1. The molecule has 2 atom stereocenters. The zero-order valence-electron chi connectivity index (χ0n) is 11.1. The van der Waals surface area contributed by atoms with Crippen molar-refractivity contribution >= 4 is 0 Å². The van der Waals surface area contributed by atoms with Gasteiger partial charge in [0.2, 0.25) is 0 Å². The van der Waals surface area contributed by atoms with E-state index in [0.29, 0.717) is 18.2 Å². The standard InChI is InChI=1S/C15H20F3N/c1-2-11-6-7-14(9-11)19-10-12-4-3-5-13(8-12)15(16,17)18/h3-5,8,11,14,19H,2,6-7,9-10H2,1H3. The summed E-state index contributed by atoms with van der Waals surface area (Å²) < 4.78 is 37.8. The maximum atomic E-state index is 12.6. The zero-order valence-corrected chi connectivity index (χ0v) is 11.1. The van der Waals surface area contributed by atoms with E-state index in [9.17, 15) is 13.2 Å². The molecule has 1 saturated carbocycles. The topological polar surface area (TPSA) is 12.0 Å². The van der Waals surface area contributed by atoms with Crippen molar-refractivity contribution < 1.29 is 13.2 Å². The van der Waals surface area contributed by atoms with Crippen LogP contribution in [-0.2, 0) is 12.7 Å². The predicted octanol–water partition coefficient (Wildman–Crippen LogP) is 4.37. The lowest BCUT2D eigenvalue weighted by molar-refractivity contribution is -0.137. The summed E-state index contributed by atoms with van der Waals surface area (Å²) in [7, 11) is 0. The molecule has 0 heterocycles. The van der Waals surface area contributed by atoms with Crippen LogP contribution in [0.3, 0.4) is 0 Å². The normalized spacial score (nSPS) is 23.8. The lowest BCUT2D eigenvalue weighted by Crippen LogP contribution is -2.26. The van der Waals surface area contributed by atoms with E-state index < -0.39 is 11.7 Å². The Labute approximate surface area is 112 Å². The molecule has 106 valence electrons. The molecule has 0 aromatic heterocycles. The Balaban J connectivity index is 1.90. The molecule has 1 nitrogen and oxygen atoms in total. The van der Waals surface area contributed by atoms with Crippen LogP contribution in [0, 0.1) is 5.92 Å². The number of nitrogens with one attached hydrogen (secondary N) is 1. The minimum Gasteiger partial charge on any atom is -0.310 e. The van der Waals surface area contributed by atoms with Crippen molar-refractivity contribution in [2.45, 2.75) is 51.4 Å². The van der Waals surface area contributed by atoms with Crippen LogP contribution in [0.5, 0.6) is 0 Å². The van der Waals surface area contributed by atoms with E-state index in [1.165, 1.54) is 25.0 Å². The van der Waals surface area contributed by atoms with Crippen LogP contribution in [0.15, 0.2) is 24.3 Å². The Kier molecular flexibility index (Phi) is 4.50. The summed E-state index contributed by atoms with van der Waals surface area (Å²) in [4.78, 5) is 0. The SMILES string of the molecule is CCC1CCC(NCc2cccc(C(F)(F)F)c2)C1. The molecule has 0 saturated heterocycles. The Morgan fingerprint density at radius 2 is 2.05 bits per heavy atom. The summed E-state index contributed by atoms with van der Waals surface area (Å²) in [5.74, 6) is 0.777. The van der Waals surface area contributed by atoms with E-state index >= 15 is 0 Å². The molecule has 0 aliphatic heterocycles. The van der Waals surface area contributed by atoms with Crippen molar-refractivity contribution in [3.63, 3.8) is 0 Å². The fourth-order valence-corrected chi connectivity index (χ4v) is 2.75. The van der Waals surface area contributed by atoms with Crippen molar-refractivity contribution in [2.24, 2.45) is 5.92 Å². The Morgan fingerprint density at radius 1 is 1.26 bits per heavy atom. The van der Waals surface area contributed by atoms with E-state index in [1.54, 1.807) is 6.07 Å². The third-order valence-corrected chi connectivity index (χ3v) is 3.97. The first-order valence-corrected chi connectivity index (χ1v) is 6.88. The van der Waals surface area contributed by atoms with Gasteiger partial charge in [-0.1, -0.05) is 31.5 Å². The third kappa shape index (κ3) is 3.96. The zero-order chi connectivity index (χ0) is 13.9. The van der Waals surface area contributed by atoms with Crippen LogP contribution >= 0.6 is 0 Å². The largest absolute Gasteiger partial charge is 0.416 e. The van der Waals surface area contributed by atoms with Crippen LogP contribution < -0.4 is 5.32 Å². The first-order chi connectivity index (χ1) is 8.99. The first kappa shape index (κ1) is 14.4. The van der Waals surface area contributed by atoms with Gasteiger partial charge in [0, 0.05) is 12.6 Å². The van der Waals surface area contributed by atoms with E-state index in [-0.39, 0.29) is 0 Å². The van der Waals surface area contributed by atoms with Crippen molar-refractivity contribution in [3.8, 4) is 0 Å². The average Bonchev–Trinajstić information content (AvgIpc) is 2.84. The highest BCUT2D eigenvalue weighted by molar-refractivity contribution is 5.25. The average molecular weight is 271 g/mol. The number of rotatable bonds is 4. The van der Waals surface area contributed by atoms with E-state index in [2.05, 4.69) is 12.2 Å². The second kappa shape index (κ2) is 5.95.